The van der Waals surface area contributed by atoms with E-state index in [-0.39, 0.29) is 12.0 Å². The second-order valence-corrected chi connectivity index (χ2v) is 6.61. The van der Waals surface area contributed by atoms with Crippen molar-refractivity contribution < 1.29 is 14.3 Å². The van der Waals surface area contributed by atoms with Gasteiger partial charge in [-0.25, -0.2) is 0 Å². The molecule has 0 bridgehead atoms. The summed E-state index contributed by atoms with van der Waals surface area (Å²) in [6.45, 7) is 7.99. The largest absolute Gasteiger partial charge is 0.491 e. The van der Waals surface area contributed by atoms with Gasteiger partial charge in [0.15, 0.2) is 6.10 Å². The number of carbonyl (C=O) groups excluding carboxylic acids is 1. The summed E-state index contributed by atoms with van der Waals surface area (Å²) in [5.74, 6) is 1.24. The van der Waals surface area contributed by atoms with Crippen molar-refractivity contribution in [2.24, 2.45) is 0 Å². The molecule has 0 spiro atoms. The highest BCUT2D eigenvalue weighted by Crippen LogP contribution is 2.22. The maximum Gasteiger partial charge on any atom is 0.261 e. The van der Waals surface area contributed by atoms with Gasteiger partial charge in [0.25, 0.3) is 5.91 Å². The van der Waals surface area contributed by atoms with Crippen molar-refractivity contribution in [1.29, 1.82) is 0 Å². The molecule has 0 radical (unpaired) electrons. The Balaban J connectivity index is 1.89. The first kappa shape index (κ1) is 19.1. The highest BCUT2D eigenvalue weighted by molar-refractivity contribution is 6.31. The van der Waals surface area contributed by atoms with Gasteiger partial charge in [-0.15, -0.1) is 0 Å². The number of halogens is 1. The molecule has 0 aliphatic heterocycles. The van der Waals surface area contributed by atoms with Crippen LogP contribution in [-0.2, 0) is 11.3 Å². The van der Waals surface area contributed by atoms with Crippen LogP contribution in [0.5, 0.6) is 11.5 Å². The molecule has 0 saturated heterocycles. The van der Waals surface area contributed by atoms with Crippen LogP contribution in [-0.4, -0.2) is 18.1 Å². The number of hydrogen-bond donors (Lipinski definition) is 1. The molecule has 0 heterocycles. The molecule has 134 valence electrons. The van der Waals surface area contributed by atoms with Gasteiger partial charge in [-0.3, -0.25) is 4.79 Å². The van der Waals surface area contributed by atoms with Crippen molar-refractivity contribution in [3.05, 3.63) is 58.6 Å². The molecule has 25 heavy (non-hydrogen) atoms. The van der Waals surface area contributed by atoms with Gasteiger partial charge in [-0.2, -0.15) is 0 Å². The van der Waals surface area contributed by atoms with Crippen molar-refractivity contribution >= 4 is 17.5 Å². The average molecular weight is 362 g/mol. The van der Waals surface area contributed by atoms with Gasteiger partial charge >= 0.3 is 0 Å². The molecule has 0 unspecified atom stereocenters. The lowest BCUT2D eigenvalue weighted by Crippen LogP contribution is -2.35. The summed E-state index contributed by atoms with van der Waals surface area (Å²) in [6.07, 6.45) is -0.489. The smallest absolute Gasteiger partial charge is 0.261 e. The van der Waals surface area contributed by atoms with Gasteiger partial charge in [-0.05, 0) is 69.2 Å². The van der Waals surface area contributed by atoms with Gasteiger partial charge in [0.05, 0.1) is 6.10 Å². The lowest BCUT2D eigenvalue weighted by molar-refractivity contribution is -0.127. The fourth-order valence-corrected chi connectivity index (χ4v) is 2.40. The van der Waals surface area contributed by atoms with Gasteiger partial charge in [-0.1, -0.05) is 23.7 Å². The molecular formula is C20H24ClNO3. The first-order chi connectivity index (χ1) is 11.8. The van der Waals surface area contributed by atoms with Crippen LogP contribution in [0, 0.1) is 6.92 Å². The lowest BCUT2D eigenvalue weighted by atomic mass is 10.2. The van der Waals surface area contributed by atoms with Crippen LogP contribution in [0.1, 0.15) is 31.9 Å². The van der Waals surface area contributed by atoms with Crippen molar-refractivity contribution in [3.63, 3.8) is 0 Å². The summed E-state index contributed by atoms with van der Waals surface area (Å²) < 4.78 is 11.3. The molecule has 2 rings (SSSR count). The minimum absolute atomic E-state index is 0.112. The number of hydrogen-bond acceptors (Lipinski definition) is 3. The zero-order chi connectivity index (χ0) is 18.4. The number of amides is 1. The normalized spacial score (nSPS) is 11.9. The zero-order valence-corrected chi connectivity index (χ0v) is 15.8. The molecule has 2 aromatic carbocycles. The Morgan fingerprint density at radius 2 is 1.80 bits per heavy atom. The van der Waals surface area contributed by atoms with E-state index in [1.165, 1.54) is 0 Å². The third-order valence-corrected chi connectivity index (χ3v) is 3.97. The summed E-state index contributed by atoms with van der Waals surface area (Å²) in [4.78, 5) is 12.2. The second kappa shape index (κ2) is 8.77. The number of ether oxygens (including phenoxy) is 2. The van der Waals surface area contributed by atoms with Crippen molar-refractivity contribution in [2.75, 3.05) is 0 Å². The lowest BCUT2D eigenvalue weighted by Gasteiger charge is -2.16. The number of rotatable bonds is 7. The molecular weight excluding hydrogens is 338 g/mol. The molecule has 0 aliphatic carbocycles. The second-order valence-electron chi connectivity index (χ2n) is 6.20. The van der Waals surface area contributed by atoms with Crippen LogP contribution in [0.15, 0.2) is 42.5 Å². The monoisotopic (exact) mass is 361 g/mol. The first-order valence-corrected chi connectivity index (χ1v) is 8.69. The standard InChI is InChI=1S/C20H24ClNO3/c1-13(2)24-17-7-5-6-16(11-17)12-22-20(23)15(4)25-18-8-9-19(21)14(3)10-18/h5-11,13,15H,12H2,1-4H3,(H,22,23)/t15-/m0/s1. The Hall–Kier alpha value is -2.20. The molecule has 5 heteroatoms. The predicted octanol–water partition coefficient (Wildman–Crippen LogP) is 4.52. The van der Waals surface area contributed by atoms with E-state index in [4.69, 9.17) is 21.1 Å². The summed E-state index contributed by atoms with van der Waals surface area (Å²) in [5.41, 5.74) is 1.88. The number of nitrogens with one attached hydrogen (secondary N) is 1. The van der Waals surface area contributed by atoms with E-state index in [1.54, 1.807) is 19.1 Å². The summed E-state index contributed by atoms with van der Waals surface area (Å²) in [6, 6.07) is 13.0. The van der Waals surface area contributed by atoms with Gasteiger partial charge in [0, 0.05) is 11.6 Å². The zero-order valence-electron chi connectivity index (χ0n) is 15.0. The van der Waals surface area contributed by atoms with Crippen molar-refractivity contribution in [1.82, 2.24) is 5.32 Å². The molecule has 0 saturated carbocycles. The van der Waals surface area contributed by atoms with Crippen molar-refractivity contribution in [3.8, 4) is 11.5 Å². The molecule has 1 amide bonds. The maximum absolute atomic E-state index is 12.2. The van der Waals surface area contributed by atoms with E-state index in [2.05, 4.69) is 5.32 Å². The molecule has 4 nitrogen and oxygen atoms in total. The first-order valence-electron chi connectivity index (χ1n) is 8.31. The van der Waals surface area contributed by atoms with E-state index in [9.17, 15) is 4.79 Å². The van der Waals surface area contributed by atoms with Gasteiger partial charge in [0.2, 0.25) is 0 Å². The van der Waals surface area contributed by atoms with Gasteiger partial charge in [0.1, 0.15) is 11.5 Å². The van der Waals surface area contributed by atoms with Crippen LogP contribution >= 0.6 is 11.6 Å². The van der Waals surface area contributed by atoms with Crippen LogP contribution in [0.3, 0.4) is 0 Å². The number of aryl methyl sites for hydroxylation is 1. The van der Waals surface area contributed by atoms with Crippen molar-refractivity contribution in [2.45, 2.75) is 46.4 Å². The SMILES string of the molecule is Cc1cc(O[C@@H](C)C(=O)NCc2cccc(OC(C)C)c2)ccc1Cl. The Kier molecular flexibility index (Phi) is 6.71. The van der Waals surface area contributed by atoms with Crippen LogP contribution < -0.4 is 14.8 Å². The molecule has 1 N–H and O–H groups in total. The maximum atomic E-state index is 12.2. The Bertz CT molecular complexity index is 731. The van der Waals surface area contributed by atoms with E-state index in [0.717, 1.165) is 16.9 Å². The summed E-state index contributed by atoms with van der Waals surface area (Å²) in [5, 5.41) is 3.55. The average Bonchev–Trinajstić information content (AvgIpc) is 2.55. The number of carbonyl (C=O) groups is 1. The molecule has 0 aliphatic rings. The highest BCUT2D eigenvalue weighted by atomic mass is 35.5. The fourth-order valence-electron chi connectivity index (χ4n) is 2.28. The van der Waals surface area contributed by atoms with Crippen LogP contribution in [0.25, 0.3) is 0 Å². The molecule has 1 atom stereocenters. The quantitative estimate of drug-likeness (QED) is 0.788. The Morgan fingerprint density at radius 3 is 2.48 bits per heavy atom. The van der Waals surface area contributed by atoms with E-state index in [0.29, 0.717) is 17.3 Å². The third kappa shape index (κ3) is 5.98. The fraction of sp³-hybridized carbons (Fsp3) is 0.350. The predicted molar refractivity (Wildman–Crippen MR) is 100 cm³/mol. The van der Waals surface area contributed by atoms with E-state index < -0.39 is 6.10 Å². The molecule has 2 aromatic rings. The molecule has 0 fully saturated rings. The van der Waals surface area contributed by atoms with Crippen LogP contribution in [0.4, 0.5) is 0 Å². The topological polar surface area (TPSA) is 47.6 Å². The Morgan fingerprint density at radius 1 is 1.08 bits per heavy atom. The minimum atomic E-state index is -0.601. The highest BCUT2D eigenvalue weighted by Gasteiger charge is 2.15. The summed E-state index contributed by atoms with van der Waals surface area (Å²) >= 11 is 6.00. The van der Waals surface area contributed by atoms with Gasteiger partial charge < -0.3 is 14.8 Å². The minimum Gasteiger partial charge on any atom is -0.491 e. The Labute approximate surface area is 154 Å². The van der Waals surface area contributed by atoms with E-state index in [1.807, 2.05) is 51.1 Å². The van der Waals surface area contributed by atoms with Crippen LogP contribution in [0.2, 0.25) is 5.02 Å². The summed E-state index contributed by atoms with van der Waals surface area (Å²) in [7, 11) is 0. The molecule has 0 aromatic heterocycles. The van der Waals surface area contributed by atoms with E-state index >= 15 is 0 Å². The number of benzene rings is 2. The third-order valence-electron chi connectivity index (χ3n) is 3.55.